The van der Waals surface area contributed by atoms with Crippen LogP contribution in [0.2, 0.25) is 0 Å². The number of rotatable bonds is 8. The van der Waals surface area contributed by atoms with Crippen molar-refractivity contribution < 1.29 is 9.47 Å². The van der Waals surface area contributed by atoms with E-state index in [2.05, 4.69) is 24.9 Å². The van der Waals surface area contributed by atoms with Gasteiger partial charge in [-0.25, -0.2) is 0 Å². The Morgan fingerprint density at radius 1 is 1.26 bits per heavy atom. The molecule has 0 aliphatic rings. The fourth-order valence-corrected chi connectivity index (χ4v) is 2.30. The van der Waals surface area contributed by atoms with Gasteiger partial charge in [0.15, 0.2) is 0 Å². The second kappa shape index (κ2) is 8.15. The highest BCUT2D eigenvalue weighted by molar-refractivity contribution is 5.36. The van der Waals surface area contributed by atoms with Gasteiger partial charge < -0.3 is 15.2 Å². The number of methoxy groups -OCH3 is 2. The quantitative estimate of drug-likeness (QED) is 0.782. The van der Waals surface area contributed by atoms with Crippen LogP contribution in [0.1, 0.15) is 24.9 Å². The van der Waals surface area contributed by atoms with E-state index in [1.54, 1.807) is 14.2 Å². The van der Waals surface area contributed by atoms with Gasteiger partial charge in [0.05, 0.1) is 19.8 Å². The summed E-state index contributed by atoms with van der Waals surface area (Å²) in [5, 5.41) is 0. The normalized spacial score (nSPS) is 14.4. The van der Waals surface area contributed by atoms with E-state index in [4.69, 9.17) is 15.2 Å². The number of hydrogen-bond donors (Lipinski definition) is 1. The van der Waals surface area contributed by atoms with Crippen molar-refractivity contribution in [2.45, 2.75) is 25.4 Å². The van der Waals surface area contributed by atoms with Crippen molar-refractivity contribution in [3.63, 3.8) is 0 Å². The van der Waals surface area contributed by atoms with Crippen LogP contribution >= 0.6 is 0 Å². The van der Waals surface area contributed by atoms with E-state index in [0.717, 1.165) is 24.3 Å². The van der Waals surface area contributed by atoms with Crippen LogP contribution < -0.4 is 10.5 Å². The van der Waals surface area contributed by atoms with E-state index in [0.29, 0.717) is 6.61 Å². The van der Waals surface area contributed by atoms with E-state index >= 15 is 0 Å². The minimum atomic E-state index is 0.0677. The lowest BCUT2D eigenvalue weighted by Crippen LogP contribution is -2.40. The van der Waals surface area contributed by atoms with Crippen LogP contribution in [-0.2, 0) is 4.74 Å². The predicted octanol–water partition coefficient (Wildman–Crippen LogP) is 2.05. The van der Waals surface area contributed by atoms with Gasteiger partial charge >= 0.3 is 0 Å². The third kappa shape index (κ3) is 4.20. The van der Waals surface area contributed by atoms with Crippen molar-refractivity contribution in [3.05, 3.63) is 29.8 Å². The SMILES string of the molecule is CCC(N)C(c1ccccc1OC)N(C)CCOC. The Bertz CT molecular complexity index is 371. The number of nitrogens with two attached hydrogens (primary N) is 1. The highest BCUT2D eigenvalue weighted by Gasteiger charge is 2.25. The van der Waals surface area contributed by atoms with E-state index in [1.807, 2.05) is 18.2 Å². The minimum absolute atomic E-state index is 0.0677. The highest BCUT2D eigenvalue weighted by Crippen LogP contribution is 2.31. The van der Waals surface area contributed by atoms with Gasteiger partial charge in [-0.1, -0.05) is 25.1 Å². The molecular formula is C15H26N2O2. The first-order valence-electron chi connectivity index (χ1n) is 6.73. The Morgan fingerprint density at radius 3 is 2.53 bits per heavy atom. The fourth-order valence-electron chi connectivity index (χ4n) is 2.30. The molecule has 2 atom stereocenters. The summed E-state index contributed by atoms with van der Waals surface area (Å²) >= 11 is 0. The molecule has 0 aliphatic carbocycles. The summed E-state index contributed by atoms with van der Waals surface area (Å²) in [7, 11) is 5.49. The molecule has 2 unspecified atom stereocenters. The molecule has 1 aromatic rings. The van der Waals surface area contributed by atoms with Gasteiger partial charge in [-0.05, 0) is 19.5 Å². The smallest absolute Gasteiger partial charge is 0.123 e. The maximum absolute atomic E-state index is 6.31. The third-order valence-electron chi connectivity index (χ3n) is 3.46. The van der Waals surface area contributed by atoms with E-state index in [-0.39, 0.29) is 12.1 Å². The molecule has 0 aliphatic heterocycles. The molecule has 0 fully saturated rings. The van der Waals surface area contributed by atoms with Gasteiger partial charge in [-0.3, -0.25) is 4.90 Å². The van der Waals surface area contributed by atoms with Crippen LogP contribution in [0.5, 0.6) is 5.75 Å². The molecule has 0 saturated heterocycles. The molecule has 1 aromatic carbocycles. The van der Waals surface area contributed by atoms with Gasteiger partial charge in [-0.15, -0.1) is 0 Å². The molecule has 19 heavy (non-hydrogen) atoms. The molecule has 4 nitrogen and oxygen atoms in total. The van der Waals surface area contributed by atoms with E-state index in [1.165, 1.54) is 0 Å². The van der Waals surface area contributed by atoms with Crippen LogP contribution in [0.4, 0.5) is 0 Å². The third-order valence-corrected chi connectivity index (χ3v) is 3.46. The predicted molar refractivity (Wildman–Crippen MR) is 78.5 cm³/mol. The molecule has 0 spiro atoms. The van der Waals surface area contributed by atoms with Crippen molar-refractivity contribution in [2.75, 3.05) is 34.4 Å². The summed E-state index contributed by atoms with van der Waals surface area (Å²) in [6.07, 6.45) is 0.917. The van der Waals surface area contributed by atoms with Crippen LogP contribution in [0, 0.1) is 0 Å². The first-order chi connectivity index (χ1) is 9.15. The first kappa shape index (κ1) is 16.0. The Balaban J connectivity index is 3.01. The number of hydrogen-bond acceptors (Lipinski definition) is 4. The zero-order chi connectivity index (χ0) is 14.3. The van der Waals surface area contributed by atoms with Crippen LogP contribution in [0.25, 0.3) is 0 Å². The molecule has 0 bridgehead atoms. The highest BCUT2D eigenvalue weighted by atomic mass is 16.5. The average molecular weight is 266 g/mol. The van der Waals surface area contributed by atoms with Crippen molar-refractivity contribution in [1.82, 2.24) is 4.90 Å². The number of likely N-dealkylation sites (N-methyl/N-ethyl adjacent to an activating group) is 1. The van der Waals surface area contributed by atoms with Gasteiger partial charge in [0, 0.05) is 25.3 Å². The van der Waals surface area contributed by atoms with Crippen molar-refractivity contribution in [3.8, 4) is 5.75 Å². The molecule has 2 N–H and O–H groups in total. The molecule has 0 aromatic heterocycles. The van der Waals surface area contributed by atoms with Crippen LogP contribution in [0.3, 0.4) is 0 Å². The number of benzene rings is 1. The summed E-state index contributed by atoms with van der Waals surface area (Å²) in [5.74, 6) is 0.890. The summed E-state index contributed by atoms with van der Waals surface area (Å²) in [4.78, 5) is 2.23. The Kier molecular flexibility index (Phi) is 6.84. The topological polar surface area (TPSA) is 47.7 Å². The fraction of sp³-hybridized carbons (Fsp3) is 0.600. The molecule has 0 heterocycles. The summed E-state index contributed by atoms with van der Waals surface area (Å²) < 4.78 is 10.6. The summed E-state index contributed by atoms with van der Waals surface area (Å²) in [6.45, 7) is 3.64. The molecule has 1 rings (SSSR count). The zero-order valence-electron chi connectivity index (χ0n) is 12.4. The number of ether oxygens (including phenoxy) is 2. The largest absolute Gasteiger partial charge is 0.496 e. The standard InChI is InChI=1S/C15H26N2O2/c1-5-13(16)15(17(2)10-11-18-3)12-8-6-7-9-14(12)19-4/h6-9,13,15H,5,10-11,16H2,1-4H3. The summed E-state index contributed by atoms with van der Waals surface area (Å²) in [6, 6.07) is 8.27. The van der Waals surface area contributed by atoms with Crippen LogP contribution in [-0.4, -0.2) is 45.4 Å². The van der Waals surface area contributed by atoms with Crippen LogP contribution in [0.15, 0.2) is 24.3 Å². The Morgan fingerprint density at radius 2 is 1.95 bits per heavy atom. The summed E-state index contributed by atoms with van der Waals surface area (Å²) in [5.41, 5.74) is 7.44. The monoisotopic (exact) mass is 266 g/mol. The first-order valence-corrected chi connectivity index (χ1v) is 6.73. The van der Waals surface area contributed by atoms with Gasteiger partial charge in [-0.2, -0.15) is 0 Å². The molecular weight excluding hydrogens is 240 g/mol. The van der Waals surface area contributed by atoms with E-state index < -0.39 is 0 Å². The van der Waals surface area contributed by atoms with Gasteiger partial charge in [0.1, 0.15) is 5.75 Å². The Labute approximate surface area is 116 Å². The number of nitrogens with zero attached hydrogens (tertiary/aromatic N) is 1. The maximum atomic E-state index is 6.31. The van der Waals surface area contributed by atoms with Crippen molar-refractivity contribution >= 4 is 0 Å². The molecule has 0 saturated carbocycles. The molecule has 0 amide bonds. The number of para-hydroxylation sites is 1. The van der Waals surface area contributed by atoms with Gasteiger partial charge in [0.25, 0.3) is 0 Å². The maximum Gasteiger partial charge on any atom is 0.123 e. The second-order valence-electron chi connectivity index (χ2n) is 4.73. The minimum Gasteiger partial charge on any atom is -0.496 e. The van der Waals surface area contributed by atoms with Crippen molar-refractivity contribution in [2.24, 2.45) is 5.73 Å². The van der Waals surface area contributed by atoms with E-state index in [9.17, 15) is 0 Å². The van der Waals surface area contributed by atoms with Gasteiger partial charge in [0.2, 0.25) is 0 Å². The average Bonchev–Trinajstić information content (AvgIpc) is 2.45. The zero-order valence-corrected chi connectivity index (χ0v) is 12.4. The lowest BCUT2D eigenvalue weighted by Gasteiger charge is -2.33. The van der Waals surface area contributed by atoms with Crippen molar-refractivity contribution in [1.29, 1.82) is 0 Å². The second-order valence-corrected chi connectivity index (χ2v) is 4.73. The molecule has 4 heteroatoms. The molecule has 108 valence electrons. The lowest BCUT2D eigenvalue weighted by molar-refractivity contribution is 0.127. The Hall–Kier alpha value is -1.10. The molecule has 0 radical (unpaired) electrons. The lowest BCUT2D eigenvalue weighted by atomic mass is 9.96.